The molecule has 2 nitrogen and oxygen atoms in total. The topological polar surface area (TPSA) is 16.1 Å². The lowest BCUT2D eigenvalue weighted by molar-refractivity contribution is 0.225. The Labute approximate surface area is 135 Å². The average Bonchev–Trinajstić information content (AvgIpc) is 2.50. The van der Waals surface area contributed by atoms with Gasteiger partial charge in [0.05, 0.1) is 5.03 Å². The van der Waals surface area contributed by atoms with E-state index in [0.29, 0.717) is 10.4 Å². The number of nitrogens with zero attached hydrogens (tertiary/aromatic N) is 2. The zero-order chi connectivity index (χ0) is 14.5. The Kier molecular flexibility index (Phi) is 5.17. The van der Waals surface area contributed by atoms with Crippen LogP contribution in [0.3, 0.4) is 0 Å². The monoisotopic (exact) mass is 318 g/mol. The third-order valence-corrected chi connectivity index (χ3v) is 5.24. The van der Waals surface area contributed by atoms with Crippen LogP contribution in [-0.2, 0) is 6.54 Å². The van der Waals surface area contributed by atoms with E-state index in [1.807, 2.05) is 30.0 Å². The second-order valence-electron chi connectivity index (χ2n) is 5.38. The van der Waals surface area contributed by atoms with E-state index in [2.05, 4.69) is 40.2 Å². The Balaban J connectivity index is 1.49. The van der Waals surface area contributed by atoms with E-state index >= 15 is 0 Å². The molecule has 0 N–H and O–H groups in total. The Bertz CT molecular complexity index is 568. The molecule has 0 unspecified atom stereocenters. The molecule has 4 heteroatoms. The minimum Gasteiger partial charge on any atom is -0.299 e. The van der Waals surface area contributed by atoms with Gasteiger partial charge in [-0.1, -0.05) is 48.0 Å². The van der Waals surface area contributed by atoms with Crippen LogP contribution in [0.1, 0.15) is 18.4 Å². The highest BCUT2D eigenvalue weighted by atomic mass is 35.5. The summed E-state index contributed by atoms with van der Waals surface area (Å²) in [6, 6.07) is 16.6. The van der Waals surface area contributed by atoms with Crippen molar-refractivity contribution >= 4 is 23.4 Å². The molecule has 110 valence electrons. The van der Waals surface area contributed by atoms with Gasteiger partial charge in [-0.25, -0.2) is 4.98 Å². The Morgan fingerprint density at radius 1 is 1.05 bits per heavy atom. The lowest BCUT2D eigenvalue weighted by atomic mass is 10.1. The minimum atomic E-state index is 0.585. The largest absolute Gasteiger partial charge is 0.299 e. The van der Waals surface area contributed by atoms with Gasteiger partial charge in [-0.15, -0.1) is 11.8 Å². The summed E-state index contributed by atoms with van der Waals surface area (Å²) in [7, 11) is 0. The summed E-state index contributed by atoms with van der Waals surface area (Å²) in [5, 5.41) is 2.29. The van der Waals surface area contributed by atoms with E-state index in [0.717, 1.165) is 24.7 Å². The van der Waals surface area contributed by atoms with Gasteiger partial charge in [0, 0.05) is 11.8 Å². The molecule has 1 aliphatic rings. The van der Waals surface area contributed by atoms with Gasteiger partial charge in [-0.2, -0.15) is 0 Å². The van der Waals surface area contributed by atoms with E-state index in [9.17, 15) is 0 Å². The smallest absolute Gasteiger partial charge is 0.130 e. The fourth-order valence-electron chi connectivity index (χ4n) is 2.65. The summed E-state index contributed by atoms with van der Waals surface area (Å²) in [6.45, 7) is 3.38. The first-order valence-electron chi connectivity index (χ1n) is 7.35. The van der Waals surface area contributed by atoms with Gasteiger partial charge in [0.1, 0.15) is 5.15 Å². The van der Waals surface area contributed by atoms with E-state index in [-0.39, 0.29) is 0 Å². The van der Waals surface area contributed by atoms with Crippen molar-refractivity contribution in [1.82, 2.24) is 9.88 Å². The van der Waals surface area contributed by atoms with Crippen molar-refractivity contribution in [3.63, 3.8) is 0 Å². The number of rotatable bonds is 4. The van der Waals surface area contributed by atoms with Crippen LogP contribution < -0.4 is 0 Å². The molecule has 1 fully saturated rings. The SMILES string of the molecule is Clc1cccc(SC2CCN(Cc3ccccc3)CC2)n1. The molecule has 3 rings (SSSR count). The van der Waals surface area contributed by atoms with Gasteiger partial charge >= 0.3 is 0 Å². The predicted octanol–water partition coefficient (Wildman–Crippen LogP) is 4.49. The van der Waals surface area contributed by atoms with Crippen LogP contribution in [0.5, 0.6) is 0 Å². The van der Waals surface area contributed by atoms with E-state index in [4.69, 9.17) is 11.6 Å². The number of benzene rings is 1. The maximum absolute atomic E-state index is 5.94. The minimum absolute atomic E-state index is 0.585. The van der Waals surface area contributed by atoms with Gasteiger partial charge in [0.15, 0.2) is 0 Å². The third kappa shape index (κ3) is 4.47. The van der Waals surface area contributed by atoms with Crippen LogP contribution in [0.15, 0.2) is 53.6 Å². The van der Waals surface area contributed by atoms with Gasteiger partial charge in [-0.05, 0) is 43.6 Å². The average molecular weight is 319 g/mol. The number of thioether (sulfide) groups is 1. The highest BCUT2D eigenvalue weighted by Crippen LogP contribution is 2.30. The van der Waals surface area contributed by atoms with Crippen LogP contribution in [0, 0.1) is 0 Å². The first-order chi connectivity index (χ1) is 10.3. The first kappa shape index (κ1) is 14.9. The molecule has 0 saturated carbocycles. The van der Waals surface area contributed by atoms with Crippen molar-refractivity contribution in [3.8, 4) is 0 Å². The molecule has 0 bridgehead atoms. The standard InChI is InChI=1S/C17H19ClN2S/c18-16-7-4-8-17(19-16)21-15-9-11-20(12-10-15)13-14-5-2-1-3-6-14/h1-8,15H,9-13H2. The lowest BCUT2D eigenvalue weighted by Crippen LogP contribution is -2.34. The summed E-state index contributed by atoms with van der Waals surface area (Å²) in [5.41, 5.74) is 1.40. The number of hydrogen-bond donors (Lipinski definition) is 0. The zero-order valence-electron chi connectivity index (χ0n) is 11.9. The maximum Gasteiger partial charge on any atom is 0.130 e. The van der Waals surface area contributed by atoms with Gasteiger partial charge in [-0.3, -0.25) is 4.90 Å². The number of likely N-dealkylation sites (tertiary alicyclic amines) is 1. The third-order valence-electron chi connectivity index (χ3n) is 3.76. The molecule has 21 heavy (non-hydrogen) atoms. The molecule has 2 heterocycles. The summed E-state index contributed by atoms with van der Waals surface area (Å²) in [6.07, 6.45) is 2.43. The molecule has 0 radical (unpaired) electrons. The highest BCUT2D eigenvalue weighted by Gasteiger charge is 2.20. The predicted molar refractivity (Wildman–Crippen MR) is 89.8 cm³/mol. The normalized spacial score (nSPS) is 17.0. The number of piperidine rings is 1. The Morgan fingerprint density at radius 2 is 1.81 bits per heavy atom. The second kappa shape index (κ2) is 7.30. The molecule has 1 aromatic heterocycles. The molecular weight excluding hydrogens is 300 g/mol. The number of aromatic nitrogens is 1. The quantitative estimate of drug-likeness (QED) is 0.773. The van der Waals surface area contributed by atoms with Gasteiger partial charge < -0.3 is 0 Å². The van der Waals surface area contributed by atoms with E-state index in [1.165, 1.54) is 18.4 Å². The van der Waals surface area contributed by atoms with E-state index in [1.54, 1.807) is 0 Å². The molecular formula is C17H19ClN2S. The fourth-order valence-corrected chi connectivity index (χ4v) is 3.96. The van der Waals surface area contributed by atoms with Crippen LogP contribution in [0.4, 0.5) is 0 Å². The maximum atomic E-state index is 5.94. The van der Waals surface area contributed by atoms with Crippen molar-refractivity contribution in [2.24, 2.45) is 0 Å². The molecule has 0 atom stereocenters. The molecule has 0 aliphatic carbocycles. The van der Waals surface area contributed by atoms with Crippen LogP contribution in [0.25, 0.3) is 0 Å². The van der Waals surface area contributed by atoms with Crippen molar-refractivity contribution in [2.75, 3.05) is 13.1 Å². The zero-order valence-corrected chi connectivity index (χ0v) is 13.5. The molecule has 1 aliphatic heterocycles. The van der Waals surface area contributed by atoms with Crippen LogP contribution in [-0.4, -0.2) is 28.2 Å². The lowest BCUT2D eigenvalue weighted by Gasteiger charge is -2.31. The second-order valence-corrected chi connectivity index (χ2v) is 7.09. The fraction of sp³-hybridized carbons (Fsp3) is 0.353. The van der Waals surface area contributed by atoms with Crippen LogP contribution in [0.2, 0.25) is 5.15 Å². The molecule has 1 aromatic carbocycles. The van der Waals surface area contributed by atoms with E-state index < -0.39 is 0 Å². The molecule has 0 amide bonds. The van der Waals surface area contributed by atoms with Crippen LogP contribution >= 0.6 is 23.4 Å². The van der Waals surface area contributed by atoms with Gasteiger partial charge in [0.2, 0.25) is 0 Å². The Hall–Kier alpha value is -1.03. The van der Waals surface area contributed by atoms with Crippen molar-refractivity contribution in [2.45, 2.75) is 29.7 Å². The first-order valence-corrected chi connectivity index (χ1v) is 8.61. The van der Waals surface area contributed by atoms with Crippen molar-refractivity contribution < 1.29 is 0 Å². The number of pyridine rings is 1. The summed E-state index contributed by atoms with van der Waals surface area (Å²) in [4.78, 5) is 6.91. The summed E-state index contributed by atoms with van der Waals surface area (Å²) >= 11 is 7.81. The summed E-state index contributed by atoms with van der Waals surface area (Å²) in [5.74, 6) is 0. The highest BCUT2D eigenvalue weighted by molar-refractivity contribution is 7.99. The summed E-state index contributed by atoms with van der Waals surface area (Å²) < 4.78 is 0. The number of halogens is 1. The molecule has 0 spiro atoms. The number of hydrogen-bond acceptors (Lipinski definition) is 3. The van der Waals surface area contributed by atoms with Crippen molar-refractivity contribution in [1.29, 1.82) is 0 Å². The van der Waals surface area contributed by atoms with Gasteiger partial charge in [0.25, 0.3) is 0 Å². The Morgan fingerprint density at radius 3 is 2.52 bits per heavy atom. The van der Waals surface area contributed by atoms with Crippen molar-refractivity contribution in [3.05, 3.63) is 59.2 Å². The molecule has 1 saturated heterocycles. The molecule has 2 aromatic rings.